The average molecular weight is 371 g/mol. The van der Waals surface area contributed by atoms with E-state index in [0.29, 0.717) is 11.4 Å². The third-order valence-electron chi connectivity index (χ3n) is 4.01. The topological polar surface area (TPSA) is 62.8 Å². The van der Waals surface area contributed by atoms with Crippen LogP contribution in [0.2, 0.25) is 5.02 Å². The highest BCUT2D eigenvalue weighted by molar-refractivity contribution is 6.31. The summed E-state index contributed by atoms with van der Waals surface area (Å²) in [4.78, 5) is 30.7. The number of aromatic amines is 1. The van der Waals surface area contributed by atoms with Gasteiger partial charge in [0, 0.05) is 23.4 Å². The molecule has 0 unspecified atom stereocenters. The van der Waals surface area contributed by atoms with Crippen LogP contribution in [-0.4, -0.2) is 15.8 Å². The number of carbonyl (C=O) groups excluding carboxylic acids is 1. The van der Waals surface area contributed by atoms with Crippen molar-refractivity contribution in [3.63, 3.8) is 0 Å². The minimum absolute atomic E-state index is 0.00560. The molecule has 132 valence electrons. The monoisotopic (exact) mass is 370 g/mol. The molecule has 0 bridgehead atoms. The number of rotatable bonds is 5. The summed E-state index contributed by atoms with van der Waals surface area (Å²) in [5.41, 5.74) is -0.699. The van der Waals surface area contributed by atoms with Crippen molar-refractivity contribution in [3.05, 3.63) is 62.3 Å². The van der Waals surface area contributed by atoms with E-state index in [9.17, 15) is 22.8 Å². The van der Waals surface area contributed by atoms with E-state index in [2.05, 4.69) is 9.97 Å². The number of hydrogen-bond acceptors (Lipinski definition) is 3. The average Bonchev–Trinajstić information content (AvgIpc) is 3.36. The molecule has 1 heterocycles. The minimum atomic E-state index is -4.47. The van der Waals surface area contributed by atoms with Crippen molar-refractivity contribution in [2.24, 2.45) is 0 Å². The summed E-state index contributed by atoms with van der Waals surface area (Å²) in [7, 11) is 0. The van der Waals surface area contributed by atoms with Crippen LogP contribution < -0.4 is 5.56 Å². The molecule has 1 N–H and O–H groups in total. The molecule has 3 rings (SSSR count). The lowest BCUT2D eigenvalue weighted by Crippen LogP contribution is -2.16. The molecule has 1 aromatic carbocycles. The fourth-order valence-corrected chi connectivity index (χ4v) is 2.75. The maximum atomic E-state index is 12.6. The highest BCUT2D eigenvalue weighted by Gasteiger charge is 2.31. The Hall–Kier alpha value is -2.15. The number of alkyl halides is 3. The van der Waals surface area contributed by atoms with E-state index in [1.54, 1.807) is 0 Å². The number of aryl methyl sites for hydroxylation is 1. The van der Waals surface area contributed by atoms with Gasteiger partial charge in [-0.2, -0.15) is 13.2 Å². The first-order valence-electron chi connectivity index (χ1n) is 7.74. The molecule has 0 aliphatic heterocycles. The molecule has 0 saturated heterocycles. The molecule has 1 aliphatic carbocycles. The second-order valence-corrected chi connectivity index (χ2v) is 6.42. The SMILES string of the molecule is O=C(CCc1ccc(C(F)(F)F)cc1Cl)c1cc(=O)[nH]c(C2CC2)n1. The van der Waals surface area contributed by atoms with Gasteiger partial charge in [0.15, 0.2) is 5.78 Å². The fraction of sp³-hybridized carbons (Fsp3) is 0.353. The van der Waals surface area contributed by atoms with E-state index >= 15 is 0 Å². The molecule has 4 nitrogen and oxygen atoms in total. The van der Waals surface area contributed by atoms with Crippen LogP contribution in [0.1, 0.15) is 52.6 Å². The van der Waals surface area contributed by atoms with Gasteiger partial charge in [-0.05, 0) is 37.0 Å². The number of aromatic nitrogens is 2. The number of hydrogen-bond donors (Lipinski definition) is 1. The number of nitrogens with one attached hydrogen (secondary N) is 1. The predicted octanol–water partition coefficient (Wildman–Crippen LogP) is 4.14. The van der Waals surface area contributed by atoms with E-state index in [0.717, 1.165) is 31.0 Å². The molecular formula is C17H14ClF3N2O2. The highest BCUT2D eigenvalue weighted by Crippen LogP contribution is 2.37. The Kier molecular flexibility index (Phi) is 4.69. The number of Topliss-reactive ketones (excluding diaryl/α,β-unsaturated/α-hetero) is 1. The standard InChI is InChI=1S/C17H14ClF3N2O2/c18-12-7-11(17(19,20)21)5-3-9(12)4-6-14(24)13-8-15(25)23-16(22-13)10-1-2-10/h3,5,7-8,10H,1-2,4,6H2,(H,22,23,25). The van der Waals surface area contributed by atoms with Crippen LogP contribution in [0.3, 0.4) is 0 Å². The van der Waals surface area contributed by atoms with Gasteiger partial charge in [0.2, 0.25) is 0 Å². The lowest BCUT2D eigenvalue weighted by atomic mass is 10.0. The first-order chi connectivity index (χ1) is 11.7. The molecule has 0 spiro atoms. The molecule has 8 heteroatoms. The number of benzene rings is 1. The molecule has 1 aliphatic rings. The van der Waals surface area contributed by atoms with Gasteiger partial charge in [0.1, 0.15) is 11.5 Å². The van der Waals surface area contributed by atoms with Gasteiger partial charge in [-0.1, -0.05) is 17.7 Å². The van der Waals surface area contributed by atoms with Gasteiger partial charge in [0.05, 0.1) is 5.56 Å². The van der Waals surface area contributed by atoms with Crippen LogP contribution in [0, 0.1) is 0 Å². The van der Waals surface area contributed by atoms with Crippen LogP contribution in [0.5, 0.6) is 0 Å². The molecule has 25 heavy (non-hydrogen) atoms. The predicted molar refractivity (Wildman–Crippen MR) is 85.9 cm³/mol. The molecule has 0 radical (unpaired) electrons. The summed E-state index contributed by atoms with van der Waals surface area (Å²) in [6, 6.07) is 4.18. The van der Waals surface area contributed by atoms with Crippen LogP contribution in [0.25, 0.3) is 0 Å². The zero-order chi connectivity index (χ0) is 18.2. The number of carbonyl (C=O) groups is 1. The highest BCUT2D eigenvalue weighted by atomic mass is 35.5. The van der Waals surface area contributed by atoms with E-state index in [4.69, 9.17) is 11.6 Å². The van der Waals surface area contributed by atoms with Crippen LogP contribution >= 0.6 is 11.6 Å². The molecular weight excluding hydrogens is 357 g/mol. The lowest BCUT2D eigenvalue weighted by molar-refractivity contribution is -0.137. The molecule has 1 aromatic heterocycles. The zero-order valence-electron chi connectivity index (χ0n) is 13.0. The van der Waals surface area contributed by atoms with E-state index in [1.165, 1.54) is 6.07 Å². The first kappa shape index (κ1) is 17.7. The van der Waals surface area contributed by atoms with Crippen molar-refractivity contribution in [3.8, 4) is 0 Å². The summed E-state index contributed by atoms with van der Waals surface area (Å²) < 4.78 is 37.9. The van der Waals surface area contributed by atoms with Crippen molar-refractivity contribution in [1.29, 1.82) is 0 Å². The van der Waals surface area contributed by atoms with Crippen LogP contribution in [0.15, 0.2) is 29.1 Å². The number of nitrogens with zero attached hydrogens (tertiary/aromatic N) is 1. The van der Waals surface area contributed by atoms with Gasteiger partial charge in [0.25, 0.3) is 5.56 Å². The van der Waals surface area contributed by atoms with E-state index in [-0.39, 0.29) is 40.8 Å². The van der Waals surface area contributed by atoms with Gasteiger partial charge in [-0.15, -0.1) is 0 Å². The maximum absolute atomic E-state index is 12.6. The Morgan fingerprint density at radius 2 is 2.00 bits per heavy atom. The van der Waals surface area contributed by atoms with Gasteiger partial charge in [-0.3, -0.25) is 9.59 Å². The van der Waals surface area contributed by atoms with Gasteiger partial charge < -0.3 is 4.98 Å². The van der Waals surface area contributed by atoms with Gasteiger partial charge >= 0.3 is 6.18 Å². The fourth-order valence-electron chi connectivity index (χ4n) is 2.47. The molecule has 0 atom stereocenters. The normalized spacial score (nSPS) is 14.6. The first-order valence-corrected chi connectivity index (χ1v) is 8.12. The smallest absolute Gasteiger partial charge is 0.310 e. The number of H-pyrrole nitrogens is 1. The summed E-state index contributed by atoms with van der Waals surface area (Å²) >= 11 is 5.88. The third-order valence-corrected chi connectivity index (χ3v) is 4.36. The molecule has 0 amide bonds. The van der Waals surface area contributed by atoms with Crippen molar-refractivity contribution < 1.29 is 18.0 Å². The molecule has 2 aromatic rings. The second-order valence-electron chi connectivity index (χ2n) is 6.02. The molecule has 1 saturated carbocycles. The quantitative estimate of drug-likeness (QED) is 0.805. The van der Waals surface area contributed by atoms with Crippen LogP contribution in [0.4, 0.5) is 13.2 Å². The largest absolute Gasteiger partial charge is 0.416 e. The summed E-state index contributed by atoms with van der Waals surface area (Å²) in [5, 5.41) is -0.0415. The Morgan fingerprint density at radius 3 is 2.60 bits per heavy atom. The lowest BCUT2D eigenvalue weighted by Gasteiger charge is -2.10. The number of halogens is 4. The Labute approximate surface area is 146 Å². The maximum Gasteiger partial charge on any atom is 0.416 e. The second kappa shape index (κ2) is 6.63. The minimum Gasteiger partial charge on any atom is -0.310 e. The number of ketones is 1. The van der Waals surface area contributed by atoms with Crippen molar-refractivity contribution >= 4 is 17.4 Å². The van der Waals surface area contributed by atoms with Crippen molar-refractivity contribution in [2.75, 3.05) is 0 Å². The summed E-state index contributed by atoms with van der Waals surface area (Å²) in [6.07, 6.45) is -2.43. The van der Waals surface area contributed by atoms with E-state index in [1.807, 2.05) is 0 Å². The van der Waals surface area contributed by atoms with Crippen molar-refractivity contribution in [1.82, 2.24) is 9.97 Å². The Bertz CT molecular complexity index is 873. The zero-order valence-corrected chi connectivity index (χ0v) is 13.7. The Balaban J connectivity index is 1.71. The van der Waals surface area contributed by atoms with Crippen molar-refractivity contribution in [2.45, 2.75) is 37.8 Å². The third kappa shape index (κ3) is 4.28. The van der Waals surface area contributed by atoms with E-state index < -0.39 is 11.7 Å². The summed E-state index contributed by atoms with van der Waals surface area (Å²) in [6.45, 7) is 0. The Morgan fingerprint density at radius 1 is 1.28 bits per heavy atom. The van der Waals surface area contributed by atoms with Crippen LogP contribution in [-0.2, 0) is 12.6 Å². The summed E-state index contributed by atoms with van der Waals surface area (Å²) in [5.74, 6) is 0.372. The van der Waals surface area contributed by atoms with Gasteiger partial charge in [-0.25, -0.2) is 4.98 Å². The molecule has 1 fully saturated rings.